The monoisotopic (exact) mass is 242 g/mol. The van der Waals surface area contributed by atoms with Gasteiger partial charge in [0.15, 0.2) is 11.7 Å². The van der Waals surface area contributed by atoms with E-state index in [-0.39, 0.29) is 5.78 Å². The lowest BCUT2D eigenvalue weighted by molar-refractivity contribution is 0.0979. The number of Topliss-reactive ketones (excluding diaryl/α,β-unsaturated/α-hetero) is 1. The molecule has 0 unspecified atom stereocenters. The first-order chi connectivity index (χ1) is 8.22. The van der Waals surface area contributed by atoms with E-state index in [1.54, 1.807) is 24.3 Å². The summed E-state index contributed by atoms with van der Waals surface area (Å²) in [7, 11) is 0. The molecule has 0 aliphatic carbocycles. The third kappa shape index (κ3) is 2.40. The Balaban J connectivity index is 2.32. The number of carbonyl (C=O) groups is 1. The van der Waals surface area contributed by atoms with Gasteiger partial charge in [-0.1, -0.05) is 30.3 Å². The Kier molecular flexibility index (Phi) is 3.31. The summed E-state index contributed by atoms with van der Waals surface area (Å²) in [6, 6.07) is 10.9. The van der Waals surface area contributed by atoms with Crippen molar-refractivity contribution in [2.45, 2.75) is 12.8 Å². The van der Waals surface area contributed by atoms with Crippen LogP contribution in [0.3, 0.4) is 0 Å². The number of thiazole rings is 1. The van der Waals surface area contributed by atoms with Crippen molar-refractivity contribution in [3.63, 3.8) is 0 Å². The predicted octanol–water partition coefficient (Wildman–Crippen LogP) is 2.94. The molecule has 0 N–H and O–H groups in total. The molecule has 84 valence electrons. The van der Waals surface area contributed by atoms with Crippen LogP contribution in [0.25, 0.3) is 0 Å². The molecule has 2 aromatic rings. The highest BCUT2D eigenvalue weighted by Crippen LogP contribution is 2.23. The number of hydrogen-bond donors (Lipinski definition) is 0. The second kappa shape index (κ2) is 4.89. The molecular weight excluding hydrogens is 232 g/mol. The molecule has 1 heterocycles. The van der Waals surface area contributed by atoms with Gasteiger partial charge in [0.1, 0.15) is 5.01 Å². The molecule has 0 aliphatic rings. The van der Waals surface area contributed by atoms with Crippen LogP contribution in [0.5, 0.6) is 0 Å². The molecule has 1 aromatic heterocycles. The fourth-order valence-corrected chi connectivity index (χ4v) is 2.34. The van der Waals surface area contributed by atoms with Gasteiger partial charge in [-0.25, -0.2) is 4.98 Å². The lowest BCUT2D eigenvalue weighted by Gasteiger charge is -2.04. The highest BCUT2D eigenvalue weighted by molar-refractivity contribution is 7.10. The number of aromatic nitrogens is 1. The van der Waals surface area contributed by atoms with Gasteiger partial charge in [-0.05, 0) is 6.92 Å². The molecule has 4 heteroatoms. The minimum absolute atomic E-state index is 0.192. The first-order valence-corrected chi connectivity index (χ1v) is 6.01. The van der Waals surface area contributed by atoms with E-state index in [9.17, 15) is 4.79 Å². The molecule has 1 aromatic carbocycles. The molecule has 17 heavy (non-hydrogen) atoms. The maximum Gasteiger partial charge on any atom is 0.186 e. The number of hydrogen-bond acceptors (Lipinski definition) is 4. The number of nitriles is 1. The summed E-state index contributed by atoms with van der Waals surface area (Å²) >= 11 is 1.35. The van der Waals surface area contributed by atoms with Crippen LogP contribution in [0.15, 0.2) is 35.7 Å². The van der Waals surface area contributed by atoms with Gasteiger partial charge >= 0.3 is 0 Å². The summed E-state index contributed by atoms with van der Waals surface area (Å²) in [5.74, 6) is -0.987. The smallest absolute Gasteiger partial charge is 0.186 e. The zero-order valence-electron chi connectivity index (χ0n) is 9.25. The van der Waals surface area contributed by atoms with Crippen LogP contribution in [0.1, 0.15) is 27.0 Å². The third-order valence-electron chi connectivity index (χ3n) is 2.33. The zero-order valence-corrected chi connectivity index (χ0v) is 10.1. The van der Waals surface area contributed by atoms with E-state index in [4.69, 9.17) is 5.26 Å². The number of carbonyl (C=O) groups excluding carboxylic acids is 1. The van der Waals surface area contributed by atoms with Crippen LogP contribution in [0, 0.1) is 18.3 Å². The summed E-state index contributed by atoms with van der Waals surface area (Å²) in [4.78, 5) is 16.3. The topological polar surface area (TPSA) is 53.8 Å². The number of ketones is 1. The number of benzene rings is 1. The Hall–Kier alpha value is -1.99. The maximum absolute atomic E-state index is 12.1. The van der Waals surface area contributed by atoms with Crippen molar-refractivity contribution in [2.75, 3.05) is 0 Å². The van der Waals surface area contributed by atoms with Crippen LogP contribution < -0.4 is 0 Å². The molecule has 0 bridgehead atoms. The molecule has 1 atom stereocenters. The van der Waals surface area contributed by atoms with Gasteiger partial charge in [0.05, 0.1) is 6.07 Å². The molecule has 0 saturated carbocycles. The first-order valence-electron chi connectivity index (χ1n) is 5.13. The van der Waals surface area contributed by atoms with Gasteiger partial charge in [0.25, 0.3) is 0 Å². The SMILES string of the molecule is Cc1csc([C@H](C#N)C(=O)c2ccccc2)n1. The molecule has 0 amide bonds. The van der Waals surface area contributed by atoms with Crippen LogP contribution in [-0.2, 0) is 0 Å². The van der Waals surface area contributed by atoms with Crippen molar-refractivity contribution < 1.29 is 4.79 Å². The minimum atomic E-state index is -0.795. The summed E-state index contributed by atoms with van der Waals surface area (Å²) in [6.45, 7) is 1.85. The van der Waals surface area contributed by atoms with Gasteiger partial charge in [0, 0.05) is 16.6 Å². The lowest BCUT2D eigenvalue weighted by atomic mass is 9.99. The van der Waals surface area contributed by atoms with Crippen LogP contribution >= 0.6 is 11.3 Å². The third-order valence-corrected chi connectivity index (χ3v) is 3.36. The van der Waals surface area contributed by atoms with Gasteiger partial charge < -0.3 is 0 Å². The van der Waals surface area contributed by atoms with Gasteiger partial charge in [-0.3, -0.25) is 4.79 Å². The number of aryl methyl sites for hydroxylation is 1. The molecule has 0 aliphatic heterocycles. The van der Waals surface area contributed by atoms with E-state index in [0.717, 1.165) is 5.69 Å². The Bertz CT molecular complexity index is 569. The van der Waals surface area contributed by atoms with Crippen molar-refractivity contribution in [3.8, 4) is 6.07 Å². The van der Waals surface area contributed by atoms with Gasteiger partial charge in [-0.2, -0.15) is 5.26 Å². The van der Waals surface area contributed by atoms with E-state index >= 15 is 0 Å². The largest absolute Gasteiger partial charge is 0.292 e. The highest BCUT2D eigenvalue weighted by atomic mass is 32.1. The standard InChI is InChI=1S/C13H10N2OS/c1-9-8-17-13(15-9)11(7-14)12(16)10-5-3-2-4-6-10/h2-6,8,11H,1H3/t11-/m1/s1. The quantitative estimate of drug-likeness (QED) is 0.777. The van der Waals surface area contributed by atoms with Crippen molar-refractivity contribution in [2.24, 2.45) is 0 Å². The van der Waals surface area contributed by atoms with Gasteiger partial charge in [0.2, 0.25) is 0 Å². The Morgan fingerprint density at radius 2 is 2.12 bits per heavy atom. The summed E-state index contributed by atoms with van der Waals surface area (Å²) in [5, 5.41) is 11.5. The molecule has 0 radical (unpaired) electrons. The van der Waals surface area contributed by atoms with Crippen molar-refractivity contribution in [1.29, 1.82) is 5.26 Å². The van der Waals surface area contributed by atoms with E-state index in [1.807, 2.05) is 24.4 Å². The lowest BCUT2D eigenvalue weighted by Crippen LogP contribution is -2.10. The second-order valence-corrected chi connectivity index (χ2v) is 4.51. The van der Waals surface area contributed by atoms with Crippen LogP contribution in [0.2, 0.25) is 0 Å². The maximum atomic E-state index is 12.1. The highest BCUT2D eigenvalue weighted by Gasteiger charge is 2.24. The minimum Gasteiger partial charge on any atom is -0.292 e. The average Bonchev–Trinajstić information content (AvgIpc) is 2.78. The Morgan fingerprint density at radius 1 is 1.41 bits per heavy atom. The normalized spacial score (nSPS) is 11.8. The zero-order chi connectivity index (χ0) is 12.3. The van der Waals surface area contributed by atoms with E-state index < -0.39 is 5.92 Å². The van der Waals surface area contributed by atoms with E-state index in [2.05, 4.69) is 4.98 Å². The predicted molar refractivity (Wildman–Crippen MR) is 66.0 cm³/mol. The van der Waals surface area contributed by atoms with Gasteiger partial charge in [-0.15, -0.1) is 11.3 Å². The number of rotatable bonds is 3. The molecule has 0 saturated heterocycles. The molecule has 2 rings (SSSR count). The summed E-state index contributed by atoms with van der Waals surface area (Å²) in [5.41, 5.74) is 1.39. The van der Waals surface area contributed by atoms with Crippen molar-refractivity contribution in [3.05, 3.63) is 52.0 Å². The fourth-order valence-electron chi connectivity index (χ4n) is 1.50. The Labute approximate surface area is 103 Å². The molecular formula is C13H10N2OS. The van der Waals surface area contributed by atoms with E-state index in [1.165, 1.54) is 11.3 Å². The molecule has 0 fully saturated rings. The summed E-state index contributed by atoms with van der Waals surface area (Å²) < 4.78 is 0. The molecule has 3 nitrogen and oxygen atoms in total. The first kappa shape index (κ1) is 11.5. The fraction of sp³-hybridized carbons (Fsp3) is 0.154. The van der Waals surface area contributed by atoms with Crippen LogP contribution in [0.4, 0.5) is 0 Å². The van der Waals surface area contributed by atoms with Crippen molar-refractivity contribution >= 4 is 17.1 Å². The van der Waals surface area contributed by atoms with Crippen LogP contribution in [-0.4, -0.2) is 10.8 Å². The Morgan fingerprint density at radius 3 is 2.65 bits per heavy atom. The average molecular weight is 242 g/mol. The van der Waals surface area contributed by atoms with E-state index in [0.29, 0.717) is 10.6 Å². The summed E-state index contributed by atoms with van der Waals surface area (Å²) in [6.07, 6.45) is 0. The number of nitrogens with zero attached hydrogens (tertiary/aromatic N) is 2. The second-order valence-electron chi connectivity index (χ2n) is 3.62. The van der Waals surface area contributed by atoms with Crippen molar-refractivity contribution in [1.82, 2.24) is 4.98 Å². The molecule has 0 spiro atoms.